The zero-order valence-corrected chi connectivity index (χ0v) is 19.9. The van der Waals surface area contributed by atoms with Gasteiger partial charge in [-0.15, -0.1) is 0 Å². The second kappa shape index (κ2) is 9.08. The fourth-order valence-corrected chi connectivity index (χ4v) is 5.17. The van der Waals surface area contributed by atoms with Gasteiger partial charge in [0.1, 0.15) is 18.2 Å². The van der Waals surface area contributed by atoms with E-state index < -0.39 is 0 Å². The third-order valence-electron chi connectivity index (χ3n) is 6.62. The Morgan fingerprint density at radius 1 is 0.943 bits per heavy atom. The molecule has 5 aromatic rings. The summed E-state index contributed by atoms with van der Waals surface area (Å²) < 4.78 is 8.45. The number of benzene rings is 4. The topological polar surface area (TPSA) is 47.4 Å². The summed E-state index contributed by atoms with van der Waals surface area (Å²) in [6.45, 7) is 1.72. The summed E-state index contributed by atoms with van der Waals surface area (Å²) >= 11 is 6.18. The first-order valence-corrected chi connectivity index (χ1v) is 12.2. The number of amides is 1. The number of rotatable bonds is 6. The predicted octanol–water partition coefficient (Wildman–Crippen LogP) is 6.44. The van der Waals surface area contributed by atoms with Crippen LogP contribution in [-0.4, -0.2) is 28.6 Å². The van der Waals surface area contributed by atoms with E-state index in [4.69, 9.17) is 21.3 Å². The molecule has 0 N–H and O–H groups in total. The normalized spacial score (nSPS) is 15.9. The van der Waals surface area contributed by atoms with E-state index in [-0.39, 0.29) is 11.8 Å². The van der Waals surface area contributed by atoms with Crippen LogP contribution in [0.25, 0.3) is 21.8 Å². The van der Waals surface area contributed by atoms with Crippen molar-refractivity contribution in [1.82, 2.24) is 9.55 Å². The Morgan fingerprint density at radius 2 is 1.74 bits per heavy atom. The highest BCUT2D eigenvalue weighted by Gasteiger charge is 2.34. The van der Waals surface area contributed by atoms with Gasteiger partial charge in [0.15, 0.2) is 0 Å². The van der Waals surface area contributed by atoms with E-state index in [1.807, 2.05) is 71.6 Å². The van der Waals surface area contributed by atoms with E-state index in [0.717, 1.165) is 39.1 Å². The lowest BCUT2D eigenvalue weighted by Crippen LogP contribution is -2.24. The van der Waals surface area contributed by atoms with E-state index in [1.165, 1.54) is 0 Å². The van der Waals surface area contributed by atoms with Crippen LogP contribution in [0.4, 0.5) is 5.69 Å². The number of carbonyl (C=O) groups is 1. The number of anilines is 1. The van der Waals surface area contributed by atoms with Gasteiger partial charge in [-0.2, -0.15) is 0 Å². The third kappa shape index (κ3) is 4.13. The molecule has 1 aliphatic rings. The molecule has 1 saturated heterocycles. The average molecular weight is 482 g/mol. The Labute approximate surface area is 208 Å². The zero-order chi connectivity index (χ0) is 23.8. The minimum absolute atomic E-state index is 0.00793. The molecule has 6 heteroatoms. The van der Waals surface area contributed by atoms with Crippen LogP contribution < -0.4 is 9.64 Å². The highest BCUT2D eigenvalue weighted by atomic mass is 35.5. The lowest BCUT2D eigenvalue weighted by Gasteiger charge is -2.18. The standard InChI is InChI=1S/C29H24ClN3O2/c30-22-9-6-10-23(18-22)33-19-21(17-28(33)34)29-31-25-12-3-4-13-26(25)32(29)15-16-35-27-14-5-8-20-7-1-2-11-24(20)27/h1-14,18,21H,15-17,19H2. The van der Waals surface area contributed by atoms with Gasteiger partial charge in [0.25, 0.3) is 0 Å². The van der Waals surface area contributed by atoms with Crippen molar-refractivity contribution in [2.24, 2.45) is 0 Å². The summed E-state index contributed by atoms with van der Waals surface area (Å²) in [6, 6.07) is 29.9. The summed E-state index contributed by atoms with van der Waals surface area (Å²) in [7, 11) is 0. The lowest BCUT2D eigenvalue weighted by atomic mass is 10.1. The van der Waals surface area contributed by atoms with Crippen molar-refractivity contribution in [2.75, 3.05) is 18.1 Å². The molecule has 1 aromatic heterocycles. The maximum atomic E-state index is 12.9. The highest BCUT2D eigenvalue weighted by molar-refractivity contribution is 6.30. The first kappa shape index (κ1) is 21.7. The molecule has 1 atom stereocenters. The molecule has 0 radical (unpaired) electrons. The minimum Gasteiger partial charge on any atom is -0.491 e. The summed E-state index contributed by atoms with van der Waals surface area (Å²) in [4.78, 5) is 19.7. The maximum absolute atomic E-state index is 12.9. The fourth-order valence-electron chi connectivity index (χ4n) is 4.98. The van der Waals surface area contributed by atoms with Gasteiger partial charge in [0, 0.05) is 35.0 Å². The number of carbonyl (C=O) groups excluding carboxylic acids is 1. The number of nitrogens with zero attached hydrogens (tertiary/aromatic N) is 3. The van der Waals surface area contributed by atoms with Gasteiger partial charge in [0.05, 0.1) is 17.6 Å². The molecule has 4 aromatic carbocycles. The minimum atomic E-state index is -0.00793. The van der Waals surface area contributed by atoms with Crippen LogP contribution in [0, 0.1) is 0 Å². The van der Waals surface area contributed by atoms with Gasteiger partial charge in [-0.3, -0.25) is 4.79 Å². The van der Waals surface area contributed by atoms with Crippen LogP contribution in [-0.2, 0) is 11.3 Å². The molecule has 1 aliphatic heterocycles. The smallest absolute Gasteiger partial charge is 0.227 e. The third-order valence-corrected chi connectivity index (χ3v) is 6.85. The van der Waals surface area contributed by atoms with Crippen molar-refractivity contribution in [1.29, 1.82) is 0 Å². The summed E-state index contributed by atoms with van der Waals surface area (Å²) in [5.74, 6) is 1.87. The van der Waals surface area contributed by atoms with Crippen molar-refractivity contribution in [2.45, 2.75) is 18.9 Å². The summed E-state index contributed by atoms with van der Waals surface area (Å²) in [5, 5.41) is 2.88. The Balaban J connectivity index is 1.28. The van der Waals surface area contributed by atoms with Crippen LogP contribution >= 0.6 is 11.6 Å². The fraction of sp³-hybridized carbons (Fsp3) is 0.172. The largest absolute Gasteiger partial charge is 0.491 e. The van der Waals surface area contributed by atoms with Gasteiger partial charge in [-0.1, -0.05) is 66.2 Å². The van der Waals surface area contributed by atoms with E-state index in [9.17, 15) is 4.79 Å². The van der Waals surface area contributed by atoms with Crippen molar-refractivity contribution in [3.8, 4) is 5.75 Å². The number of fused-ring (bicyclic) bond motifs is 2. The van der Waals surface area contributed by atoms with Crippen LogP contribution in [0.2, 0.25) is 5.02 Å². The van der Waals surface area contributed by atoms with Crippen molar-refractivity contribution in [3.63, 3.8) is 0 Å². The van der Waals surface area contributed by atoms with Crippen LogP contribution in [0.15, 0.2) is 91.0 Å². The monoisotopic (exact) mass is 481 g/mol. The number of para-hydroxylation sites is 2. The van der Waals surface area contributed by atoms with E-state index >= 15 is 0 Å². The molecule has 1 fully saturated rings. The number of aromatic nitrogens is 2. The number of ether oxygens (including phenoxy) is 1. The molecule has 0 aliphatic carbocycles. The predicted molar refractivity (Wildman–Crippen MR) is 140 cm³/mol. The Kier molecular flexibility index (Phi) is 5.63. The number of imidazole rings is 1. The van der Waals surface area contributed by atoms with Crippen molar-refractivity contribution >= 4 is 45.0 Å². The molecule has 35 heavy (non-hydrogen) atoms. The zero-order valence-electron chi connectivity index (χ0n) is 19.1. The molecule has 1 amide bonds. The van der Waals surface area contributed by atoms with Crippen molar-refractivity contribution < 1.29 is 9.53 Å². The van der Waals surface area contributed by atoms with Crippen molar-refractivity contribution in [3.05, 3.63) is 102 Å². The summed E-state index contributed by atoms with van der Waals surface area (Å²) in [5.41, 5.74) is 2.81. The molecule has 1 unspecified atom stereocenters. The van der Waals surface area contributed by atoms with E-state index in [2.05, 4.69) is 28.8 Å². The van der Waals surface area contributed by atoms with Gasteiger partial charge in [0.2, 0.25) is 5.91 Å². The molecule has 174 valence electrons. The molecule has 0 saturated carbocycles. The Bertz CT molecular complexity index is 1540. The van der Waals surface area contributed by atoms with Crippen LogP contribution in [0.3, 0.4) is 0 Å². The van der Waals surface area contributed by atoms with Gasteiger partial charge >= 0.3 is 0 Å². The lowest BCUT2D eigenvalue weighted by molar-refractivity contribution is -0.117. The SMILES string of the molecule is O=C1CC(c2nc3ccccc3n2CCOc2cccc3ccccc23)CN1c1cccc(Cl)c1. The summed E-state index contributed by atoms with van der Waals surface area (Å²) in [6.07, 6.45) is 0.417. The molecule has 2 heterocycles. The first-order valence-electron chi connectivity index (χ1n) is 11.8. The maximum Gasteiger partial charge on any atom is 0.227 e. The second-order valence-electron chi connectivity index (χ2n) is 8.82. The van der Waals surface area contributed by atoms with E-state index in [0.29, 0.717) is 31.1 Å². The Hall–Kier alpha value is -3.83. The molecule has 6 rings (SSSR count). The van der Waals surface area contributed by atoms with Gasteiger partial charge in [-0.05, 0) is 41.8 Å². The van der Waals surface area contributed by atoms with Crippen LogP contribution in [0.1, 0.15) is 18.2 Å². The highest BCUT2D eigenvalue weighted by Crippen LogP contribution is 2.34. The second-order valence-corrected chi connectivity index (χ2v) is 9.26. The molecule has 0 spiro atoms. The van der Waals surface area contributed by atoms with Gasteiger partial charge in [-0.25, -0.2) is 4.98 Å². The van der Waals surface area contributed by atoms with Crippen LogP contribution in [0.5, 0.6) is 5.75 Å². The molecular formula is C29H24ClN3O2. The number of hydrogen-bond donors (Lipinski definition) is 0. The Morgan fingerprint density at radius 3 is 2.66 bits per heavy atom. The average Bonchev–Trinajstić information content (AvgIpc) is 3.45. The first-order chi connectivity index (χ1) is 17.2. The van der Waals surface area contributed by atoms with Gasteiger partial charge < -0.3 is 14.2 Å². The number of hydrogen-bond acceptors (Lipinski definition) is 3. The molecule has 0 bridgehead atoms. The molecular weight excluding hydrogens is 458 g/mol. The molecule has 5 nitrogen and oxygen atoms in total. The number of halogens is 1. The quantitative estimate of drug-likeness (QED) is 0.280. The van der Waals surface area contributed by atoms with E-state index in [1.54, 1.807) is 0 Å².